The summed E-state index contributed by atoms with van der Waals surface area (Å²) in [5, 5.41) is 13.8. The van der Waals surface area contributed by atoms with Gasteiger partial charge in [0.15, 0.2) is 20.8 Å². The van der Waals surface area contributed by atoms with E-state index in [-0.39, 0.29) is 11.3 Å². The molecule has 0 unspecified atom stereocenters. The molecule has 0 aliphatic carbocycles. The van der Waals surface area contributed by atoms with Crippen LogP contribution in [0.4, 0.5) is 5.82 Å². The number of hydrogen-bond donors (Lipinski definition) is 2. The quantitative estimate of drug-likeness (QED) is 0.287. The number of halogens is 1. The Hall–Kier alpha value is -2.95. The minimum atomic E-state index is -0.203. The van der Waals surface area contributed by atoms with Crippen LogP contribution < -0.4 is 10.1 Å². The van der Waals surface area contributed by atoms with E-state index in [1.165, 1.54) is 0 Å². The molecule has 1 aliphatic rings. The number of aromatic nitrogens is 5. The SMILES string of the molecule is Cc1cncc(-c2cc(CCNc3nc(I)nc4c3nc3n4C(C)(C)CO3)ccc2O)c1. The van der Waals surface area contributed by atoms with Crippen LogP contribution in [0.3, 0.4) is 0 Å². The Balaban J connectivity index is 1.38. The molecule has 32 heavy (non-hydrogen) atoms. The molecular formula is C23H23IN6O2. The lowest BCUT2D eigenvalue weighted by Crippen LogP contribution is -2.26. The predicted octanol–water partition coefficient (Wildman–Crippen LogP) is 4.29. The number of aromatic hydroxyl groups is 1. The highest BCUT2D eigenvalue weighted by molar-refractivity contribution is 14.1. The second kappa shape index (κ2) is 7.88. The maximum absolute atomic E-state index is 10.3. The number of rotatable bonds is 5. The van der Waals surface area contributed by atoms with Crippen LogP contribution in [-0.4, -0.2) is 42.8 Å². The highest BCUT2D eigenvalue weighted by Gasteiger charge is 2.36. The van der Waals surface area contributed by atoms with E-state index < -0.39 is 0 Å². The number of phenolic OH excluding ortho intramolecular Hbond substituents is 1. The number of benzene rings is 1. The van der Waals surface area contributed by atoms with Crippen molar-refractivity contribution in [3.05, 3.63) is 51.6 Å². The number of anilines is 1. The van der Waals surface area contributed by atoms with Crippen molar-refractivity contribution in [2.45, 2.75) is 32.7 Å². The van der Waals surface area contributed by atoms with Crippen molar-refractivity contribution in [3.63, 3.8) is 0 Å². The number of nitrogens with one attached hydrogen (secondary N) is 1. The molecule has 0 amide bonds. The van der Waals surface area contributed by atoms with Crippen LogP contribution in [0.5, 0.6) is 11.8 Å². The number of imidazole rings is 1. The number of hydrogen-bond acceptors (Lipinski definition) is 7. The molecule has 4 aromatic rings. The largest absolute Gasteiger partial charge is 0.507 e. The normalized spacial score (nSPS) is 14.4. The van der Waals surface area contributed by atoms with Gasteiger partial charge in [-0.3, -0.25) is 9.55 Å². The van der Waals surface area contributed by atoms with Crippen LogP contribution in [0, 0.1) is 10.8 Å². The summed E-state index contributed by atoms with van der Waals surface area (Å²) >= 11 is 2.13. The van der Waals surface area contributed by atoms with Gasteiger partial charge in [-0.1, -0.05) is 6.07 Å². The highest BCUT2D eigenvalue weighted by atomic mass is 127. The third kappa shape index (κ3) is 3.74. The van der Waals surface area contributed by atoms with E-state index in [4.69, 9.17) is 4.74 Å². The Labute approximate surface area is 199 Å². The maximum atomic E-state index is 10.3. The number of pyridine rings is 1. The van der Waals surface area contributed by atoms with Crippen molar-refractivity contribution in [1.29, 1.82) is 0 Å². The summed E-state index contributed by atoms with van der Waals surface area (Å²) in [5.41, 5.74) is 5.13. The summed E-state index contributed by atoms with van der Waals surface area (Å²) in [7, 11) is 0. The first-order valence-electron chi connectivity index (χ1n) is 10.4. The van der Waals surface area contributed by atoms with Gasteiger partial charge in [0.1, 0.15) is 12.4 Å². The molecule has 4 heterocycles. The van der Waals surface area contributed by atoms with Crippen molar-refractivity contribution in [2.24, 2.45) is 0 Å². The number of fused-ring (bicyclic) bond motifs is 3. The predicted molar refractivity (Wildman–Crippen MR) is 131 cm³/mol. The summed E-state index contributed by atoms with van der Waals surface area (Å²) in [5.74, 6) is 0.943. The highest BCUT2D eigenvalue weighted by Crippen LogP contribution is 2.36. The standard InChI is InChI=1S/C23H23IN6O2/c1-13-8-15(11-25-10-13)16-9-14(4-5-17(16)31)6-7-26-19-18-20(29-21(24)28-19)30-22(27-18)32-12-23(30,2)3/h4-5,8-11,31H,6-7,12H2,1-3H3,(H,26,28,29). The van der Waals surface area contributed by atoms with Gasteiger partial charge in [0.25, 0.3) is 6.01 Å². The number of ether oxygens (including phenoxy) is 1. The number of aryl methyl sites for hydroxylation is 1. The molecule has 2 N–H and O–H groups in total. The third-order valence-corrected chi connectivity index (χ3v) is 6.04. The van der Waals surface area contributed by atoms with Gasteiger partial charge in [0.05, 0.1) is 5.54 Å². The van der Waals surface area contributed by atoms with Gasteiger partial charge in [-0.15, -0.1) is 0 Å². The van der Waals surface area contributed by atoms with Crippen molar-refractivity contribution >= 4 is 39.6 Å². The molecule has 0 fully saturated rings. The van der Waals surface area contributed by atoms with Crippen LogP contribution in [-0.2, 0) is 12.0 Å². The Morgan fingerprint density at radius 2 is 2.03 bits per heavy atom. The van der Waals surface area contributed by atoms with E-state index in [1.54, 1.807) is 18.5 Å². The second-order valence-corrected chi connectivity index (χ2v) is 9.59. The fourth-order valence-corrected chi connectivity index (χ4v) is 4.45. The zero-order valence-electron chi connectivity index (χ0n) is 18.1. The van der Waals surface area contributed by atoms with E-state index in [1.807, 2.05) is 29.7 Å². The molecule has 0 bridgehead atoms. The van der Waals surface area contributed by atoms with Gasteiger partial charge in [-0.2, -0.15) is 4.98 Å². The van der Waals surface area contributed by atoms with Gasteiger partial charge in [-0.25, -0.2) is 9.97 Å². The average Bonchev–Trinajstić information content (AvgIpc) is 3.26. The molecule has 8 nitrogen and oxygen atoms in total. The molecule has 0 radical (unpaired) electrons. The molecule has 1 aliphatic heterocycles. The summed E-state index contributed by atoms with van der Waals surface area (Å²) in [6.07, 6.45) is 4.32. The van der Waals surface area contributed by atoms with Crippen LogP contribution in [0.2, 0.25) is 0 Å². The number of nitrogens with zero attached hydrogens (tertiary/aromatic N) is 5. The van der Waals surface area contributed by atoms with E-state index in [2.05, 4.69) is 61.7 Å². The average molecular weight is 542 g/mol. The van der Waals surface area contributed by atoms with Crippen LogP contribution in [0.15, 0.2) is 36.7 Å². The Morgan fingerprint density at radius 3 is 2.84 bits per heavy atom. The Bertz CT molecular complexity index is 1330. The van der Waals surface area contributed by atoms with Crippen molar-refractivity contribution in [1.82, 2.24) is 24.5 Å². The molecule has 0 saturated carbocycles. The molecular weight excluding hydrogens is 519 g/mol. The fourth-order valence-electron chi connectivity index (χ4n) is 3.98. The molecule has 9 heteroatoms. The van der Waals surface area contributed by atoms with Crippen molar-refractivity contribution in [2.75, 3.05) is 18.5 Å². The van der Waals surface area contributed by atoms with Crippen molar-refractivity contribution < 1.29 is 9.84 Å². The van der Waals surface area contributed by atoms with E-state index in [9.17, 15) is 5.11 Å². The first kappa shape index (κ1) is 20.9. The zero-order valence-corrected chi connectivity index (χ0v) is 20.2. The van der Waals surface area contributed by atoms with E-state index in [0.717, 1.165) is 34.3 Å². The molecule has 0 spiro atoms. The minimum absolute atomic E-state index is 0.203. The lowest BCUT2D eigenvalue weighted by molar-refractivity contribution is 0.268. The molecule has 0 atom stereocenters. The van der Waals surface area contributed by atoms with Gasteiger partial charge in [-0.05, 0) is 56.5 Å². The summed E-state index contributed by atoms with van der Waals surface area (Å²) in [6.45, 7) is 7.44. The van der Waals surface area contributed by atoms with Crippen LogP contribution >= 0.6 is 22.6 Å². The van der Waals surface area contributed by atoms with Gasteiger partial charge in [0.2, 0.25) is 0 Å². The summed E-state index contributed by atoms with van der Waals surface area (Å²) < 4.78 is 8.46. The van der Waals surface area contributed by atoms with Gasteiger partial charge in [0, 0.05) is 52.7 Å². The summed E-state index contributed by atoms with van der Waals surface area (Å²) in [6, 6.07) is 8.28. The molecule has 1 aromatic carbocycles. The summed E-state index contributed by atoms with van der Waals surface area (Å²) in [4.78, 5) is 18.1. The molecule has 5 rings (SSSR count). The lowest BCUT2D eigenvalue weighted by Gasteiger charge is -2.18. The third-order valence-electron chi connectivity index (χ3n) is 5.56. The van der Waals surface area contributed by atoms with Gasteiger partial charge >= 0.3 is 0 Å². The zero-order chi connectivity index (χ0) is 22.5. The van der Waals surface area contributed by atoms with E-state index in [0.29, 0.717) is 34.3 Å². The van der Waals surface area contributed by atoms with Crippen molar-refractivity contribution in [3.8, 4) is 22.9 Å². The lowest BCUT2D eigenvalue weighted by atomic mass is 10.0. The van der Waals surface area contributed by atoms with Gasteiger partial charge < -0.3 is 15.2 Å². The maximum Gasteiger partial charge on any atom is 0.299 e. The first-order chi connectivity index (χ1) is 15.3. The Morgan fingerprint density at radius 1 is 1.19 bits per heavy atom. The van der Waals surface area contributed by atoms with Crippen LogP contribution in [0.1, 0.15) is 25.0 Å². The molecule has 0 saturated heterocycles. The molecule has 3 aromatic heterocycles. The topological polar surface area (TPSA) is 98.0 Å². The van der Waals surface area contributed by atoms with E-state index >= 15 is 0 Å². The Kier molecular flexibility index (Phi) is 5.15. The van der Waals surface area contributed by atoms with Crippen LogP contribution in [0.25, 0.3) is 22.3 Å². The second-order valence-electron chi connectivity index (χ2n) is 8.62. The molecule has 164 valence electrons. The number of phenols is 1. The first-order valence-corrected chi connectivity index (χ1v) is 11.5. The monoisotopic (exact) mass is 542 g/mol. The smallest absolute Gasteiger partial charge is 0.299 e. The fraction of sp³-hybridized carbons (Fsp3) is 0.304. The minimum Gasteiger partial charge on any atom is -0.507 e.